The lowest BCUT2D eigenvalue weighted by molar-refractivity contribution is 0.153. The molecule has 3 rings (SSSR count). The smallest absolute Gasteiger partial charge is 0.169 e. The second kappa shape index (κ2) is 6.84. The Morgan fingerprint density at radius 3 is 2.36 bits per heavy atom. The SMILES string of the molecule is CC1(C)CC(NC(=S)N(Cc2ccccc2F)C2CC2)CC(C)(C)N1. The predicted molar refractivity (Wildman–Crippen MR) is 105 cm³/mol. The highest BCUT2D eigenvalue weighted by atomic mass is 32.1. The summed E-state index contributed by atoms with van der Waals surface area (Å²) < 4.78 is 14.1. The van der Waals surface area contributed by atoms with E-state index in [2.05, 4.69) is 43.2 Å². The van der Waals surface area contributed by atoms with Crippen molar-refractivity contribution < 1.29 is 4.39 Å². The maximum atomic E-state index is 14.1. The Bertz CT molecular complexity index is 624. The van der Waals surface area contributed by atoms with E-state index >= 15 is 0 Å². The van der Waals surface area contributed by atoms with Crippen molar-refractivity contribution in [3.05, 3.63) is 35.6 Å². The van der Waals surface area contributed by atoms with Crippen LogP contribution in [0.1, 0.15) is 58.9 Å². The van der Waals surface area contributed by atoms with Crippen molar-refractivity contribution in [2.75, 3.05) is 0 Å². The Morgan fingerprint density at radius 1 is 1.20 bits per heavy atom. The summed E-state index contributed by atoms with van der Waals surface area (Å²) in [4.78, 5) is 2.18. The van der Waals surface area contributed by atoms with E-state index in [0.29, 0.717) is 24.2 Å². The first-order valence-electron chi connectivity index (χ1n) is 9.25. The van der Waals surface area contributed by atoms with Crippen molar-refractivity contribution >= 4 is 17.3 Å². The van der Waals surface area contributed by atoms with Gasteiger partial charge in [-0.1, -0.05) is 18.2 Å². The zero-order chi connectivity index (χ0) is 18.2. The van der Waals surface area contributed by atoms with Gasteiger partial charge in [0, 0.05) is 35.3 Å². The molecular formula is C20H30FN3S. The van der Waals surface area contributed by atoms with Crippen LogP contribution in [0.4, 0.5) is 4.39 Å². The fourth-order valence-electron chi connectivity index (χ4n) is 4.24. The van der Waals surface area contributed by atoms with Crippen LogP contribution >= 0.6 is 12.2 Å². The van der Waals surface area contributed by atoms with E-state index in [9.17, 15) is 4.39 Å². The molecule has 3 nitrogen and oxygen atoms in total. The molecule has 1 aromatic carbocycles. The molecule has 0 radical (unpaired) electrons. The van der Waals surface area contributed by atoms with Crippen molar-refractivity contribution in [2.45, 2.75) is 83.1 Å². The number of hydrogen-bond acceptors (Lipinski definition) is 2. The molecule has 1 saturated heterocycles. The molecule has 0 bridgehead atoms. The standard InChI is InChI=1S/C20H30FN3S/c1-19(2)11-15(12-20(3,4)23-19)22-18(25)24(16-9-10-16)13-14-7-5-6-8-17(14)21/h5-8,15-16,23H,9-13H2,1-4H3,(H,22,25). The van der Waals surface area contributed by atoms with Gasteiger partial charge >= 0.3 is 0 Å². The van der Waals surface area contributed by atoms with Gasteiger partial charge in [-0.15, -0.1) is 0 Å². The Kier molecular flexibility index (Phi) is 5.09. The third kappa shape index (κ3) is 4.91. The summed E-state index contributed by atoms with van der Waals surface area (Å²) in [6, 6.07) is 7.77. The highest BCUT2D eigenvalue weighted by Crippen LogP contribution is 2.31. The van der Waals surface area contributed by atoms with Crippen molar-refractivity contribution in [2.24, 2.45) is 0 Å². The number of thiocarbonyl (C=S) groups is 1. The first kappa shape index (κ1) is 18.6. The van der Waals surface area contributed by atoms with Crippen molar-refractivity contribution in [1.82, 2.24) is 15.5 Å². The average Bonchev–Trinajstić information content (AvgIpc) is 3.27. The normalized spacial score (nSPS) is 22.4. The first-order valence-corrected chi connectivity index (χ1v) is 9.66. The molecule has 0 spiro atoms. The van der Waals surface area contributed by atoms with E-state index in [1.165, 1.54) is 6.07 Å². The Hall–Kier alpha value is -1.20. The number of benzene rings is 1. The second-order valence-electron chi connectivity index (χ2n) is 8.90. The van der Waals surface area contributed by atoms with E-state index in [1.54, 1.807) is 6.07 Å². The number of nitrogens with zero attached hydrogens (tertiary/aromatic N) is 1. The van der Waals surface area contributed by atoms with Gasteiger partial charge in [0.2, 0.25) is 0 Å². The summed E-state index contributed by atoms with van der Waals surface area (Å²) in [6.07, 6.45) is 4.32. The van der Waals surface area contributed by atoms with E-state index in [4.69, 9.17) is 12.2 Å². The summed E-state index contributed by atoms with van der Waals surface area (Å²) in [5, 5.41) is 8.05. The zero-order valence-corrected chi connectivity index (χ0v) is 16.5. The monoisotopic (exact) mass is 363 g/mol. The Labute approximate surface area is 156 Å². The molecule has 2 fully saturated rings. The van der Waals surface area contributed by atoms with E-state index in [-0.39, 0.29) is 16.9 Å². The maximum absolute atomic E-state index is 14.1. The van der Waals surface area contributed by atoms with Gasteiger partial charge in [-0.2, -0.15) is 0 Å². The van der Waals surface area contributed by atoms with Gasteiger partial charge in [0.15, 0.2) is 5.11 Å². The van der Waals surface area contributed by atoms with Gasteiger partial charge in [-0.25, -0.2) is 4.39 Å². The van der Waals surface area contributed by atoms with Crippen LogP contribution in [0.2, 0.25) is 0 Å². The summed E-state index contributed by atoms with van der Waals surface area (Å²) in [5.74, 6) is -0.153. The van der Waals surface area contributed by atoms with Gasteiger partial charge < -0.3 is 15.5 Å². The quantitative estimate of drug-likeness (QED) is 0.792. The molecule has 138 valence electrons. The zero-order valence-electron chi connectivity index (χ0n) is 15.7. The molecule has 1 heterocycles. The van der Waals surface area contributed by atoms with Crippen molar-refractivity contribution in [1.29, 1.82) is 0 Å². The lowest BCUT2D eigenvalue weighted by atomic mass is 9.80. The van der Waals surface area contributed by atoms with E-state index < -0.39 is 0 Å². The molecule has 5 heteroatoms. The molecule has 1 aliphatic carbocycles. The number of rotatable bonds is 4. The Morgan fingerprint density at radius 2 is 1.80 bits per heavy atom. The van der Waals surface area contributed by atoms with E-state index in [0.717, 1.165) is 30.8 Å². The van der Waals surface area contributed by atoms with Crippen LogP contribution in [0.25, 0.3) is 0 Å². The molecule has 1 aromatic rings. The number of piperidine rings is 1. The first-order chi connectivity index (χ1) is 11.7. The highest BCUT2D eigenvalue weighted by molar-refractivity contribution is 7.80. The maximum Gasteiger partial charge on any atom is 0.169 e. The molecule has 0 amide bonds. The van der Waals surface area contributed by atoms with Crippen LogP contribution in [0, 0.1) is 5.82 Å². The fourth-order valence-corrected chi connectivity index (χ4v) is 4.63. The van der Waals surface area contributed by atoms with E-state index in [1.807, 2.05) is 12.1 Å². The van der Waals surface area contributed by atoms with Crippen LogP contribution in [0.3, 0.4) is 0 Å². The molecule has 0 aromatic heterocycles. The average molecular weight is 364 g/mol. The topological polar surface area (TPSA) is 27.3 Å². The van der Waals surface area contributed by atoms with Crippen molar-refractivity contribution in [3.63, 3.8) is 0 Å². The summed E-state index contributed by atoms with van der Waals surface area (Å²) in [7, 11) is 0. The lowest BCUT2D eigenvalue weighted by Crippen LogP contribution is -2.63. The minimum absolute atomic E-state index is 0.0744. The Balaban J connectivity index is 1.68. The van der Waals surface area contributed by atoms with Crippen LogP contribution in [-0.4, -0.2) is 33.2 Å². The van der Waals surface area contributed by atoms with Crippen LogP contribution < -0.4 is 10.6 Å². The van der Waals surface area contributed by atoms with Crippen LogP contribution in [0.15, 0.2) is 24.3 Å². The summed E-state index contributed by atoms with van der Waals surface area (Å²) in [5.41, 5.74) is 0.861. The molecule has 25 heavy (non-hydrogen) atoms. The van der Waals surface area contributed by atoms with Crippen LogP contribution in [0.5, 0.6) is 0 Å². The van der Waals surface area contributed by atoms with Gasteiger partial charge in [-0.05, 0) is 71.7 Å². The molecule has 2 N–H and O–H groups in total. The van der Waals surface area contributed by atoms with Crippen molar-refractivity contribution in [3.8, 4) is 0 Å². The number of halogens is 1. The number of nitrogens with one attached hydrogen (secondary N) is 2. The number of hydrogen-bond donors (Lipinski definition) is 2. The summed E-state index contributed by atoms with van der Waals surface area (Å²) in [6.45, 7) is 9.50. The molecule has 1 aliphatic heterocycles. The molecule has 2 aliphatic rings. The minimum Gasteiger partial charge on any atom is -0.360 e. The van der Waals surface area contributed by atoms with Crippen LogP contribution in [-0.2, 0) is 6.54 Å². The van der Waals surface area contributed by atoms with Gasteiger partial charge in [0.05, 0.1) is 0 Å². The largest absolute Gasteiger partial charge is 0.360 e. The molecular weight excluding hydrogens is 333 g/mol. The second-order valence-corrected chi connectivity index (χ2v) is 9.28. The highest BCUT2D eigenvalue weighted by Gasteiger charge is 2.39. The fraction of sp³-hybridized carbons (Fsp3) is 0.650. The molecule has 0 unspecified atom stereocenters. The predicted octanol–water partition coefficient (Wildman–Crippen LogP) is 3.97. The molecule has 1 saturated carbocycles. The lowest BCUT2D eigenvalue weighted by Gasteiger charge is -2.47. The third-order valence-corrected chi connectivity index (χ3v) is 5.42. The summed E-state index contributed by atoms with van der Waals surface area (Å²) >= 11 is 5.74. The third-order valence-electron chi connectivity index (χ3n) is 5.06. The minimum atomic E-state index is -0.153. The van der Waals surface area contributed by atoms with Gasteiger partial charge in [0.1, 0.15) is 5.82 Å². The van der Waals surface area contributed by atoms with Gasteiger partial charge in [0.25, 0.3) is 0 Å². The van der Waals surface area contributed by atoms with Gasteiger partial charge in [-0.3, -0.25) is 0 Å². The molecule has 0 atom stereocenters.